The highest BCUT2D eigenvalue weighted by molar-refractivity contribution is 7.15. The largest absolute Gasteiger partial charge is 0.445 e. The minimum absolute atomic E-state index is 0.0138. The third-order valence-corrected chi connectivity index (χ3v) is 3.66. The summed E-state index contributed by atoms with van der Waals surface area (Å²) in [6.07, 6.45) is -4.52. The van der Waals surface area contributed by atoms with Crippen molar-refractivity contribution in [2.75, 3.05) is 25.0 Å². The van der Waals surface area contributed by atoms with Crippen LogP contribution < -0.4 is 5.32 Å². The van der Waals surface area contributed by atoms with Crippen LogP contribution in [0.2, 0.25) is 0 Å². The minimum Gasteiger partial charge on any atom is -0.373 e. The number of hydrogen-bond acceptors (Lipinski definition) is 6. The van der Waals surface area contributed by atoms with E-state index in [-0.39, 0.29) is 23.9 Å². The number of ether oxygens (including phenoxy) is 1. The Morgan fingerprint density at radius 2 is 2.00 bits per heavy atom. The van der Waals surface area contributed by atoms with Gasteiger partial charge in [0.25, 0.3) is 0 Å². The number of rotatable bonds is 3. The van der Waals surface area contributed by atoms with Crippen molar-refractivity contribution in [1.29, 1.82) is 0 Å². The van der Waals surface area contributed by atoms with Crippen molar-refractivity contribution < 1.29 is 22.7 Å². The Kier molecular flexibility index (Phi) is 4.79. The molecule has 0 unspecified atom stereocenters. The Labute approximate surface area is 123 Å². The minimum atomic E-state index is -4.55. The molecule has 1 amide bonds. The maximum absolute atomic E-state index is 12.4. The van der Waals surface area contributed by atoms with Crippen LogP contribution in [0.25, 0.3) is 0 Å². The molecule has 1 fully saturated rings. The number of anilines is 1. The molecule has 2 atom stereocenters. The van der Waals surface area contributed by atoms with Crippen LogP contribution in [0.3, 0.4) is 0 Å². The first-order chi connectivity index (χ1) is 9.74. The Morgan fingerprint density at radius 1 is 1.38 bits per heavy atom. The highest BCUT2D eigenvalue weighted by atomic mass is 32.1. The zero-order valence-electron chi connectivity index (χ0n) is 11.5. The van der Waals surface area contributed by atoms with Crippen molar-refractivity contribution in [2.45, 2.75) is 32.2 Å². The average molecular weight is 324 g/mol. The van der Waals surface area contributed by atoms with Gasteiger partial charge >= 0.3 is 6.18 Å². The first-order valence-corrected chi connectivity index (χ1v) is 7.14. The van der Waals surface area contributed by atoms with Gasteiger partial charge in [0.1, 0.15) is 0 Å². The smallest absolute Gasteiger partial charge is 0.373 e. The molecule has 0 saturated carbocycles. The lowest BCUT2D eigenvalue weighted by Crippen LogP contribution is -2.48. The zero-order chi connectivity index (χ0) is 15.6. The summed E-state index contributed by atoms with van der Waals surface area (Å²) in [6, 6.07) is 0. The Morgan fingerprint density at radius 3 is 2.52 bits per heavy atom. The summed E-state index contributed by atoms with van der Waals surface area (Å²) < 4.78 is 42.6. The molecule has 10 heteroatoms. The number of hydrogen-bond donors (Lipinski definition) is 1. The predicted octanol–water partition coefficient (Wildman–Crippen LogP) is 1.60. The Balaban J connectivity index is 1.88. The first-order valence-electron chi connectivity index (χ1n) is 6.32. The van der Waals surface area contributed by atoms with Gasteiger partial charge in [0, 0.05) is 13.1 Å². The van der Waals surface area contributed by atoms with Crippen LogP contribution in [0.1, 0.15) is 18.9 Å². The molecule has 21 heavy (non-hydrogen) atoms. The second-order valence-electron chi connectivity index (χ2n) is 4.91. The van der Waals surface area contributed by atoms with Crippen LogP contribution in [-0.4, -0.2) is 52.8 Å². The predicted molar refractivity (Wildman–Crippen MR) is 70.0 cm³/mol. The summed E-state index contributed by atoms with van der Waals surface area (Å²) in [5.74, 6) is -0.416. The summed E-state index contributed by atoms with van der Waals surface area (Å²) in [5, 5.41) is 7.43. The number of carbonyl (C=O) groups is 1. The molecule has 0 aliphatic carbocycles. The quantitative estimate of drug-likeness (QED) is 0.915. The SMILES string of the molecule is C[C@H]1CN(CC(=O)Nc2nnc(C(F)(F)F)s2)C[C@H](C)O1. The van der Waals surface area contributed by atoms with Gasteiger partial charge in [-0.2, -0.15) is 13.2 Å². The van der Waals surface area contributed by atoms with Crippen molar-refractivity contribution in [3.8, 4) is 0 Å². The van der Waals surface area contributed by atoms with Crippen LogP contribution >= 0.6 is 11.3 Å². The molecule has 1 aromatic heterocycles. The van der Waals surface area contributed by atoms with Crippen LogP contribution in [0.5, 0.6) is 0 Å². The van der Waals surface area contributed by atoms with Crippen molar-refractivity contribution in [3.63, 3.8) is 0 Å². The number of nitrogens with zero attached hydrogens (tertiary/aromatic N) is 3. The summed E-state index contributed by atoms with van der Waals surface area (Å²) in [4.78, 5) is 13.7. The maximum atomic E-state index is 12.4. The van der Waals surface area contributed by atoms with E-state index in [1.165, 1.54) is 0 Å². The van der Waals surface area contributed by atoms with E-state index in [4.69, 9.17) is 4.74 Å². The van der Waals surface area contributed by atoms with Gasteiger partial charge in [-0.05, 0) is 13.8 Å². The van der Waals surface area contributed by atoms with Crippen LogP contribution in [0.15, 0.2) is 0 Å². The number of carbonyl (C=O) groups excluding carboxylic acids is 1. The highest BCUT2D eigenvalue weighted by Crippen LogP contribution is 2.32. The molecule has 1 N–H and O–H groups in total. The molecule has 6 nitrogen and oxygen atoms in total. The number of morpholine rings is 1. The van der Waals surface area contributed by atoms with Gasteiger partial charge in [0.05, 0.1) is 18.8 Å². The fourth-order valence-corrected chi connectivity index (χ4v) is 2.79. The molecule has 118 valence electrons. The number of amides is 1. The summed E-state index contributed by atoms with van der Waals surface area (Å²) in [6.45, 7) is 5.09. The number of nitrogens with one attached hydrogen (secondary N) is 1. The summed E-state index contributed by atoms with van der Waals surface area (Å²) >= 11 is 0.309. The fourth-order valence-electron chi connectivity index (χ4n) is 2.16. The van der Waals surface area contributed by atoms with Gasteiger partial charge < -0.3 is 4.74 Å². The van der Waals surface area contributed by atoms with E-state index in [1.807, 2.05) is 18.7 Å². The van der Waals surface area contributed by atoms with E-state index in [9.17, 15) is 18.0 Å². The molecule has 0 bridgehead atoms. The average Bonchev–Trinajstić information content (AvgIpc) is 2.75. The molecule has 0 radical (unpaired) electrons. The maximum Gasteiger partial charge on any atom is 0.445 e. The molecule has 2 heterocycles. The van der Waals surface area contributed by atoms with Crippen molar-refractivity contribution in [2.24, 2.45) is 0 Å². The zero-order valence-corrected chi connectivity index (χ0v) is 12.3. The highest BCUT2D eigenvalue weighted by Gasteiger charge is 2.36. The summed E-state index contributed by atoms with van der Waals surface area (Å²) in [7, 11) is 0. The van der Waals surface area contributed by atoms with E-state index in [1.54, 1.807) is 0 Å². The van der Waals surface area contributed by atoms with E-state index in [0.717, 1.165) is 0 Å². The fraction of sp³-hybridized carbons (Fsp3) is 0.727. The molecule has 1 aliphatic heterocycles. The van der Waals surface area contributed by atoms with Crippen LogP contribution in [0, 0.1) is 0 Å². The Bertz CT molecular complexity index is 498. The normalized spacial score (nSPS) is 24.0. The molecular weight excluding hydrogens is 309 g/mol. The van der Waals surface area contributed by atoms with Gasteiger partial charge in [-0.25, -0.2) is 0 Å². The van der Waals surface area contributed by atoms with E-state index < -0.39 is 17.1 Å². The van der Waals surface area contributed by atoms with Crippen LogP contribution in [0.4, 0.5) is 18.3 Å². The third-order valence-electron chi connectivity index (χ3n) is 2.78. The molecule has 2 rings (SSSR count). The first kappa shape index (κ1) is 16.1. The van der Waals surface area contributed by atoms with Gasteiger partial charge in [0.15, 0.2) is 0 Å². The molecule has 1 aromatic rings. The Hall–Kier alpha value is -1.26. The molecule has 1 saturated heterocycles. The topological polar surface area (TPSA) is 67.4 Å². The molecular formula is C11H15F3N4O2S. The lowest BCUT2D eigenvalue weighted by molar-refractivity contribution is -0.138. The van der Waals surface area contributed by atoms with Gasteiger partial charge in [0.2, 0.25) is 16.0 Å². The number of aromatic nitrogens is 2. The lowest BCUT2D eigenvalue weighted by atomic mass is 10.2. The second kappa shape index (κ2) is 6.24. The molecule has 0 spiro atoms. The van der Waals surface area contributed by atoms with E-state index in [0.29, 0.717) is 24.4 Å². The lowest BCUT2D eigenvalue weighted by Gasteiger charge is -2.34. The van der Waals surface area contributed by atoms with Gasteiger partial charge in [-0.3, -0.25) is 15.0 Å². The molecule has 1 aliphatic rings. The van der Waals surface area contributed by atoms with E-state index >= 15 is 0 Å². The monoisotopic (exact) mass is 324 g/mol. The molecule has 0 aromatic carbocycles. The number of alkyl halides is 3. The van der Waals surface area contributed by atoms with Crippen molar-refractivity contribution in [1.82, 2.24) is 15.1 Å². The van der Waals surface area contributed by atoms with E-state index in [2.05, 4.69) is 15.5 Å². The third kappa shape index (κ3) is 4.61. The standard InChI is InChI=1S/C11H15F3N4O2S/c1-6-3-18(4-7(2)20-6)5-8(19)15-10-17-16-9(21-10)11(12,13)14/h6-7H,3-5H2,1-2H3,(H,15,17,19)/t6-,7-/m0/s1. The van der Waals surface area contributed by atoms with Gasteiger partial charge in [-0.15, -0.1) is 10.2 Å². The second-order valence-corrected chi connectivity index (χ2v) is 5.89. The van der Waals surface area contributed by atoms with Gasteiger partial charge in [-0.1, -0.05) is 11.3 Å². The summed E-state index contributed by atoms with van der Waals surface area (Å²) in [5.41, 5.74) is 0. The number of halogens is 3. The van der Waals surface area contributed by atoms with Crippen LogP contribution in [-0.2, 0) is 15.7 Å². The van der Waals surface area contributed by atoms with Crippen molar-refractivity contribution >= 4 is 22.4 Å². The van der Waals surface area contributed by atoms with Crippen molar-refractivity contribution in [3.05, 3.63) is 5.01 Å².